The second-order valence-electron chi connectivity index (χ2n) is 7.62. The largest absolute Gasteiger partial charge is 0.489 e. The molecule has 0 aromatic heterocycles. The van der Waals surface area contributed by atoms with E-state index in [9.17, 15) is 4.79 Å². The van der Waals surface area contributed by atoms with E-state index < -0.39 is 0 Å². The van der Waals surface area contributed by atoms with Crippen molar-refractivity contribution in [2.45, 2.75) is 33.3 Å². The molecule has 0 fully saturated rings. The lowest BCUT2D eigenvalue weighted by molar-refractivity contribution is -0.123. The normalized spacial score (nSPS) is 11.0. The minimum Gasteiger partial charge on any atom is -0.489 e. The van der Waals surface area contributed by atoms with E-state index in [0.29, 0.717) is 12.5 Å². The topological polar surface area (TPSA) is 59.9 Å². The molecule has 0 spiro atoms. The molecule has 31 heavy (non-hydrogen) atoms. The second kappa shape index (κ2) is 11.0. The number of nitrogens with one attached hydrogen (secondary N) is 1. The third kappa shape index (κ3) is 7.00. The van der Waals surface area contributed by atoms with Gasteiger partial charge in [-0.25, -0.2) is 5.43 Å². The highest BCUT2D eigenvalue weighted by atomic mass is 16.5. The Morgan fingerprint density at radius 2 is 1.68 bits per heavy atom. The van der Waals surface area contributed by atoms with Crippen LogP contribution in [-0.4, -0.2) is 18.7 Å². The quantitative estimate of drug-likeness (QED) is 0.384. The van der Waals surface area contributed by atoms with E-state index >= 15 is 0 Å². The molecule has 5 nitrogen and oxygen atoms in total. The van der Waals surface area contributed by atoms with Gasteiger partial charge in [-0.1, -0.05) is 61.9 Å². The number of para-hydroxylation sites is 1. The first-order valence-electron chi connectivity index (χ1n) is 10.3. The Morgan fingerprint density at radius 1 is 0.968 bits per heavy atom. The van der Waals surface area contributed by atoms with Gasteiger partial charge < -0.3 is 9.47 Å². The lowest BCUT2D eigenvalue weighted by Gasteiger charge is -2.12. The van der Waals surface area contributed by atoms with Gasteiger partial charge in [0, 0.05) is 0 Å². The van der Waals surface area contributed by atoms with Crippen LogP contribution in [0.3, 0.4) is 0 Å². The first kappa shape index (κ1) is 22.1. The number of aryl methyl sites for hydroxylation is 1. The maximum absolute atomic E-state index is 12.0. The number of hydrazone groups is 1. The first-order chi connectivity index (χ1) is 15.0. The summed E-state index contributed by atoms with van der Waals surface area (Å²) in [6, 6.07) is 23.5. The molecule has 0 heterocycles. The molecule has 1 amide bonds. The molecule has 0 saturated carbocycles. The molecule has 0 saturated heterocycles. The van der Waals surface area contributed by atoms with Gasteiger partial charge >= 0.3 is 0 Å². The minimum atomic E-state index is -0.312. The van der Waals surface area contributed by atoms with Crippen molar-refractivity contribution in [2.24, 2.45) is 5.10 Å². The van der Waals surface area contributed by atoms with Crippen LogP contribution in [-0.2, 0) is 11.4 Å². The molecule has 0 aliphatic rings. The fourth-order valence-corrected chi connectivity index (χ4v) is 2.94. The molecule has 3 aromatic rings. The average molecular weight is 417 g/mol. The summed E-state index contributed by atoms with van der Waals surface area (Å²) in [6.07, 6.45) is 1.59. The molecule has 0 aliphatic heterocycles. The van der Waals surface area contributed by atoms with Crippen molar-refractivity contribution in [1.29, 1.82) is 0 Å². The Kier molecular flexibility index (Phi) is 7.82. The van der Waals surface area contributed by atoms with Gasteiger partial charge in [-0.15, -0.1) is 0 Å². The van der Waals surface area contributed by atoms with E-state index in [-0.39, 0.29) is 12.5 Å². The molecule has 3 rings (SSSR count). The number of rotatable bonds is 9. The van der Waals surface area contributed by atoms with Gasteiger partial charge in [0.1, 0.15) is 18.1 Å². The molecule has 0 atom stereocenters. The SMILES string of the molecule is Cc1ccc(COc2ccc(/C=N/NC(=O)COc3ccccc3C(C)C)cc2)cc1. The zero-order valence-electron chi connectivity index (χ0n) is 18.2. The van der Waals surface area contributed by atoms with E-state index in [1.807, 2.05) is 48.5 Å². The maximum Gasteiger partial charge on any atom is 0.277 e. The molecule has 0 aliphatic carbocycles. The second-order valence-corrected chi connectivity index (χ2v) is 7.62. The third-order valence-corrected chi connectivity index (χ3v) is 4.71. The van der Waals surface area contributed by atoms with E-state index in [2.05, 4.69) is 55.6 Å². The van der Waals surface area contributed by atoms with Crippen LogP contribution in [0.5, 0.6) is 11.5 Å². The number of ether oxygens (including phenoxy) is 2. The Balaban J connectivity index is 1.44. The fourth-order valence-electron chi connectivity index (χ4n) is 2.94. The van der Waals surface area contributed by atoms with Crippen molar-refractivity contribution in [1.82, 2.24) is 5.43 Å². The van der Waals surface area contributed by atoms with Crippen molar-refractivity contribution in [3.05, 3.63) is 95.1 Å². The van der Waals surface area contributed by atoms with Crippen LogP contribution in [0, 0.1) is 6.92 Å². The summed E-state index contributed by atoms with van der Waals surface area (Å²) < 4.78 is 11.4. The van der Waals surface area contributed by atoms with Gasteiger partial charge in [-0.3, -0.25) is 4.79 Å². The van der Waals surface area contributed by atoms with E-state index in [0.717, 1.165) is 28.2 Å². The van der Waals surface area contributed by atoms with Gasteiger partial charge in [0.25, 0.3) is 5.91 Å². The van der Waals surface area contributed by atoms with Crippen LogP contribution in [0.4, 0.5) is 0 Å². The summed E-state index contributed by atoms with van der Waals surface area (Å²) in [5.74, 6) is 1.51. The third-order valence-electron chi connectivity index (χ3n) is 4.71. The molecule has 3 aromatic carbocycles. The Hall–Kier alpha value is -3.60. The monoisotopic (exact) mass is 416 g/mol. The van der Waals surface area contributed by atoms with Crippen LogP contribution < -0.4 is 14.9 Å². The highest BCUT2D eigenvalue weighted by molar-refractivity contribution is 5.83. The van der Waals surface area contributed by atoms with E-state index in [1.165, 1.54) is 5.56 Å². The van der Waals surface area contributed by atoms with Crippen molar-refractivity contribution < 1.29 is 14.3 Å². The van der Waals surface area contributed by atoms with Gasteiger partial charge in [0.15, 0.2) is 6.61 Å². The van der Waals surface area contributed by atoms with Gasteiger partial charge in [-0.2, -0.15) is 5.10 Å². The molecular weight excluding hydrogens is 388 g/mol. The van der Waals surface area contributed by atoms with E-state index in [1.54, 1.807) is 6.21 Å². The molecule has 0 radical (unpaired) electrons. The number of carbonyl (C=O) groups is 1. The highest BCUT2D eigenvalue weighted by Crippen LogP contribution is 2.25. The van der Waals surface area contributed by atoms with Crippen LogP contribution in [0.2, 0.25) is 0 Å². The Morgan fingerprint density at radius 3 is 2.39 bits per heavy atom. The molecule has 0 bridgehead atoms. The predicted octanol–water partition coefficient (Wildman–Crippen LogP) is 5.23. The van der Waals surface area contributed by atoms with E-state index in [4.69, 9.17) is 9.47 Å². The first-order valence-corrected chi connectivity index (χ1v) is 10.3. The number of carbonyl (C=O) groups excluding carboxylic acids is 1. The van der Waals surface area contributed by atoms with Crippen molar-refractivity contribution in [3.8, 4) is 11.5 Å². The lowest BCUT2D eigenvalue weighted by Crippen LogP contribution is -2.24. The molecule has 160 valence electrons. The zero-order valence-corrected chi connectivity index (χ0v) is 18.2. The molecule has 5 heteroatoms. The molecule has 1 N–H and O–H groups in total. The number of hydrogen-bond acceptors (Lipinski definition) is 4. The summed E-state index contributed by atoms with van der Waals surface area (Å²) in [6.45, 7) is 6.67. The smallest absolute Gasteiger partial charge is 0.277 e. The van der Waals surface area contributed by atoms with Crippen molar-refractivity contribution in [3.63, 3.8) is 0 Å². The van der Waals surface area contributed by atoms with Gasteiger partial charge in [0.05, 0.1) is 6.21 Å². The molecular formula is C26H28N2O3. The number of nitrogens with zero attached hydrogens (tertiary/aromatic N) is 1. The maximum atomic E-state index is 12.0. The van der Waals surface area contributed by atoms with Crippen LogP contribution in [0.15, 0.2) is 77.9 Å². The average Bonchev–Trinajstić information content (AvgIpc) is 2.78. The fraction of sp³-hybridized carbons (Fsp3) is 0.231. The highest BCUT2D eigenvalue weighted by Gasteiger charge is 2.08. The Labute approximate surface area is 183 Å². The zero-order chi connectivity index (χ0) is 22.1. The number of amides is 1. The number of hydrogen-bond donors (Lipinski definition) is 1. The summed E-state index contributed by atoms with van der Waals surface area (Å²) in [5.41, 5.74) is 6.77. The van der Waals surface area contributed by atoms with Gasteiger partial charge in [0.2, 0.25) is 0 Å². The van der Waals surface area contributed by atoms with Gasteiger partial charge in [-0.05, 0) is 59.9 Å². The van der Waals surface area contributed by atoms with Crippen LogP contribution in [0.1, 0.15) is 42.0 Å². The summed E-state index contributed by atoms with van der Waals surface area (Å²) in [7, 11) is 0. The minimum absolute atomic E-state index is 0.0904. The van der Waals surface area contributed by atoms with Crippen LogP contribution in [0.25, 0.3) is 0 Å². The summed E-state index contributed by atoms with van der Waals surface area (Å²) in [4.78, 5) is 12.0. The Bertz CT molecular complexity index is 1010. The summed E-state index contributed by atoms with van der Waals surface area (Å²) in [5, 5.41) is 4.00. The number of benzene rings is 3. The lowest BCUT2D eigenvalue weighted by atomic mass is 10.0. The van der Waals surface area contributed by atoms with Crippen molar-refractivity contribution in [2.75, 3.05) is 6.61 Å². The standard InChI is InChI=1S/C26H28N2O3/c1-19(2)24-6-4-5-7-25(24)31-18-26(29)28-27-16-21-12-14-23(15-13-21)30-17-22-10-8-20(3)9-11-22/h4-16,19H,17-18H2,1-3H3,(H,28,29)/b27-16+. The van der Waals surface area contributed by atoms with Crippen LogP contribution >= 0.6 is 0 Å². The summed E-state index contributed by atoms with van der Waals surface area (Å²) >= 11 is 0. The predicted molar refractivity (Wildman–Crippen MR) is 124 cm³/mol. The van der Waals surface area contributed by atoms with Crippen molar-refractivity contribution >= 4 is 12.1 Å². The molecule has 0 unspecified atom stereocenters.